The SMILES string of the molecule is CN1CCN(C(=O)[C@@H]2CC(=O)N(C)C2)[C@H](c2ccccc2)C1. The molecule has 118 valence electrons. The molecule has 0 unspecified atom stereocenters. The summed E-state index contributed by atoms with van der Waals surface area (Å²) in [6, 6.07) is 10.3. The molecule has 0 aromatic heterocycles. The van der Waals surface area contributed by atoms with Gasteiger partial charge in [0.15, 0.2) is 0 Å². The highest BCUT2D eigenvalue weighted by Crippen LogP contribution is 2.28. The molecule has 3 rings (SSSR count). The topological polar surface area (TPSA) is 43.9 Å². The number of carbonyl (C=O) groups is 2. The van der Waals surface area contributed by atoms with E-state index in [-0.39, 0.29) is 23.8 Å². The normalized spacial score (nSPS) is 26.5. The van der Waals surface area contributed by atoms with Crippen molar-refractivity contribution in [3.8, 4) is 0 Å². The molecule has 2 heterocycles. The summed E-state index contributed by atoms with van der Waals surface area (Å²) < 4.78 is 0. The van der Waals surface area contributed by atoms with E-state index in [0.717, 1.165) is 19.6 Å². The number of benzene rings is 1. The first-order valence-corrected chi connectivity index (χ1v) is 7.84. The van der Waals surface area contributed by atoms with Crippen molar-refractivity contribution < 1.29 is 9.59 Å². The van der Waals surface area contributed by atoms with Crippen LogP contribution in [0.1, 0.15) is 18.0 Å². The van der Waals surface area contributed by atoms with E-state index in [1.807, 2.05) is 23.1 Å². The number of amides is 2. The molecule has 5 nitrogen and oxygen atoms in total. The van der Waals surface area contributed by atoms with Gasteiger partial charge < -0.3 is 14.7 Å². The lowest BCUT2D eigenvalue weighted by Crippen LogP contribution is -2.51. The Bertz CT molecular complexity index is 560. The summed E-state index contributed by atoms with van der Waals surface area (Å²) in [7, 11) is 3.86. The van der Waals surface area contributed by atoms with Gasteiger partial charge in [-0.25, -0.2) is 0 Å². The molecule has 2 saturated heterocycles. The van der Waals surface area contributed by atoms with Crippen LogP contribution in [0.15, 0.2) is 30.3 Å². The van der Waals surface area contributed by atoms with Crippen LogP contribution in [-0.4, -0.2) is 66.8 Å². The van der Waals surface area contributed by atoms with Crippen molar-refractivity contribution in [2.45, 2.75) is 12.5 Å². The van der Waals surface area contributed by atoms with Crippen LogP contribution >= 0.6 is 0 Å². The highest BCUT2D eigenvalue weighted by molar-refractivity contribution is 5.89. The van der Waals surface area contributed by atoms with Crippen molar-refractivity contribution in [2.24, 2.45) is 5.92 Å². The van der Waals surface area contributed by atoms with Crippen molar-refractivity contribution in [2.75, 3.05) is 40.3 Å². The molecule has 0 aliphatic carbocycles. The van der Waals surface area contributed by atoms with E-state index in [0.29, 0.717) is 13.0 Å². The fourth-order valence-electron chi connectivity index (χ4n) is 3.41. The minimum absolute atomic E-state index is 0.0729. The number of nitrogens with zero attached hydrogens (tertiary/aromatic N) is 3. The van der Waals surface area contributed by atoms with Gasteiger partial charge in [0.05, 0.1) is 12.0 Å². The molecule has 0 spiro atoms. The first-order valence-electron chi connectivity index (χ1n) is 7.84. The molecule has 0 radical (unpaired) electrons. The Hall–Kier alpha value is -1.88. The third kappa shape index (κ3) is 2.86. The summed E-state index contributed by atoms with van der Waals surface area (Å²) in [5.41, 5.74) is 1.17. The summed E-state index contributed by atoms with van der Waals surface area (Å²) in [5.74, 6) is 0.00973. The Morgan fingerprint density at radius 2 is 1.82 bits per heavy atom. The summed E-state index contributed by atoms with van der Waals surface area (Å²) >= 11 is 0. The standard InChI is InChI=1S/C17H23N3O2/c1-18-8-9-20(15(12-18)13-6-4-3-5-7-13)17(22)14-10-16(21)19(2)11-14/h3-7,14-15H,8-12H2,1-2H3/t14-,15+/m1/s1. The van der Waals surface area contributed by atoms with Crippen LogP contribution in [0.5, 0.6) is 0 Å². The van der Waals surface area contributed by atoms with Crippen molar-refractivity contribution in [3.63, 3.8) is 0 Å². The molecule has 22 heavy (non-hydrogen) atoms. The average molecular weight is 301 g/mol. The van der Waals surface area contributed by atoms with E-state index in [2.05, 4.69) is 24.1 Å². The van der Waals surface area contributed by atoms with Crippen molar-refractivity contribution in [1.82, 2.24) is 14.7 Å². The van der Waals surface area contributed by atoms with Crippen molar-refractivity contribution in [1.29, 1.82) is 0 Å². The monoisotopic (exact) mass is 301 g/mol. The molecule has 2 aliphatic rings. The number of hydrogen-bond acceptors (Lipinski definition) is 3. The first kappa shape index (κ1) is 15.0. The van der Waals surface area contributed by atoms with Gasteiger partial charge in [0.25, 0.3) is 0 Å². The number of likely N-dealkylation sites (tertiary alicyclic amines) is 1. The number of likely N-dealkylation sites (N-methyl/N-ethyl adjacent to an activating group) is 1. The zero-order chi connectivity index (χ0) is 15.7. The molecule has 1 aromatic carbocycles. The Morgan fingerprint density at radius 1 is 1.09 bits per heavy atom. The number of piperazine rings is 1. The highest BCUT2D eigenvalue weighted by atomic mass is 16.2. The summed E-state index contributed by atoms with van der Waals surface area (Å²) in [5, 5.41) is 0. The Kier molecular flexibility index (Phi) is 4.16. The van der Waals surface area contributed by atoms with Gasteiger partial charge in [-0.15, -0.1) is 0 Å². The van der Waals surface area contributed by atoms with Crippen LogP contribution in [0.4, 0.5) is 0 Å². The van der Waals surface area contributed by atoms with Crippen LogP contribution in [-0.2, 0) is 9.59 Å². The first-order chi connectivity index (χ1) is 10.6. The molecular weight excluding hydrogens is 278 g/mol. The molecular formula is C17H23N3O2. The molecule has 1 aromatic rings. The number of hydrogen-bond donors (Lipinski definition) is 0. The van der Waals surface area contributed by atoms with E-state index >= 15 is 0 Å². The van der Waals surface area contributed by atoms with Gasteiger partial charge in [0, 0.05) is 39.6 Å². The maximum absolute atomic E-state index is 12.9. The van der Waals surface area contributed by atoms with Crippen LogP contribution in [0, 0.1) is 5.92 Å². The largest absolute Gasteiger partial charge is 0.345 e. The summed E-state index contributed by atoms with van der Waals surface area (Å²) in [4.78, 5) is 30.5. The molecule has 2 fully saturated rings. The van der Waals surface area contributed by atoms with Crippen LogP contribution in [0.2, 0.25) is 0 Å². The molecule has 5 heteroatoms. The van der Waals surface area contributed by atoms with Gasteiger partial charge in [-0.05, 0) is 12.6 Å². The quantitative estimate of drug-likeness (QED) is 0.818. The minimum atomic E-state index is -0.188. The van der Waals surface area contributed by atoms with Gasteiger partial charge in [0.1, 0.15) is 0 Å². The molecule has 2 aliphatic heterocycles. The molecule has 2 atom stereocenters. The molecule has 0 N–H and O–H groups in total. The fraction of sp³-hybridized carbons (Fsp3) is 0.529. The van der Waals surface area contributed by atoms with E-state index in [1.165, 1.54) is 5.56 Å². The third-order valence-electron chi connectivity index (χ3n) is 4.74. The van der Waals surface area contributed by atoms with Crippen LogP contribution < -0.4 is 0 Å². The summed E-state index contributed by atoms with van der Waals surface area (Å²) in [6.07, 6.45) is 0.350. The predicted octanol–water partition coefficient (Wildman–Crippen LogP) is 0.980. The van der Waals surface area contributed by atoms with E-state index < -0.39 is 0 Å². The third-order valence-corrected chi connectivity index (χ3v) is 4.74. The van der Waals surface area contributed by atoms with Gasteiger partial charge in [-0.2, -0.15) is 0 Å². The highest BCUT2D eigenvalue weighted by Gasteiger charge is 2.38. The molecule has 0 saturated carbocycles. The second-order valence-electron chi connectivity index (χ2n) is 6.40. The van der Waals surface area contributed by atoms with E-state index in [1.54, 1.807) is 11.9 Å². The Balaban J connectivity index is 1.81. The lowest BCUT2D eigenvalue weighted by molar-refractivity contribution is -0.140. The lowest BCUT2D eigenvalue weighted by Gasteiger charge is -2.41. The molecule has 2 amide bonds. The Labute approximate surface area is 131 Å². The predicted molar refractivity (Wildman–Crippen MR) is 84.1 cm³/mol. The van der Waals surface area contributed by atoms with Gasteiger partial charge in [-0.1, -0.05) is 30.3 Å². The zero-order valence-corrected chi connectivity index (χ0v) is 13.2. The van der Waals surface area contributed by atoms with Crippen molar-refractivity contribution >= 4 is 11.8 Å². The van der Waals surface area contributed by atoms with E-state index in [9.17, 15) is 9.59 Å². The van der Waals surface area contributed by atoms with Crippen LogP contribution in [0.25, 0.3) is 0 Å². The number of rotatable bonds is 2. The van der Waals surface area contributed by atoms with Gasteiger partial charge >= 0.3 is 0 Å². The zero-order valence-electron chi connectivity index (χ0n) is 13.2. The summed E-state index contributed by atoms with van der Waals surface area (Å²) in [6.45, 7) is 2.99. The average Bonchev–Trinajstić information content (AvgIpc) is 2.87. The van der Waals surface area contributed by atoms with Gasteiger partial charge in [0.2, 0.25) is 11.8 Å². The molecule has 0 bridgehead atoms. The second kappa shape index (κ2) is 6.08. The maximum atomic E-state index is 12.9. The van der Waals surface area contributed by atoms with Gasteiger partial charge in [-0.3, -0.25) is 9.59 Å². The van der Waals surface area contributed by atoms with E-state index in [4.69, 9.17) is 0 Å². The Morgan fingerprint density at radius 3 is 2.45 bits per heavy atom. The smallest absolute Gasteiger partial charge is 0.228 e. The number of carbonyl (C=O) groups excluding carboxylic acids is 2. The second-order valence-corrected chi connectivity index (χ2v) is 6.40. The van der Waals surface area contributed by atoms with Crippen LogP contribution in [0.3, 0.4) is 0 Å². The van der Waals surface area contributed by atoms with Crippen molar-refractivity contribution in [3.05, 3.63) is 35.9 Å². The minimum Gasteiger partial charge on any atom is -0.345 e. The maximum Gasteiger partial charge on any atom is 0.228 e. The lowest BCUT2D eigenvalue weighted by atomic mass is 9.99. The fourth-order valence-corrected chi connectivity index (χ4v) is 3.41.